The van der Waals surface area contributed by atoms with Crippen molar-refractivity contribution >= 4 is 5.91 Å². The molecular formula is C12H15NO2. The second-order valence-corrected chi connectivity index (χ2v) is 2.99. The Bertz CT molecular complexity index is 347. The van der Waals surface area contributed by atoms with Gasteiger partial charge in [-0.15, -0.1) is 0 Å². The summed E-state index contributed by atoms with van der Waals surface area (Å²) in [6.45, 7) is 6.51. The van der Waals surface area contributed by atoms with Crippen LogP contribution in [-0.4, -0.2) is 19.1 Å². The van der Waals surface area contributed by atoms with Crippen LogP contribution >= 0.6 is 0 Å². The summed E-state index contributed by atoms with van der Waals surface area (Å²) in [7, 11) is 0. The van der Waals surface area contributed by atoms with E-state index in [1.807, 2.05) is 13.0 Å². The van der Waals surface area contributed by atoms with Gasteiger partial charge in [-0.25, -0.2) is 0 Å². The molecule has 3 heteroatoms. The van der Waals surface area contributed by atoms with Crippen LogP contribution in [0.3, 0.4) is 0 Å². The first-order chi connectivity index (χ1) is 7.27. The van der Waals surface area contributed by atoms with Gasteiger partial charge in [-0.1, -0.05) is 18.7 Å². The van der Waals surface area contributed by atoms with Crippen LogP contribution in [0.15, 0.2) is 36.9 Å². The van der Waals surface area contributed by atoms with Crippen LogP contribution in [0.4, 0.5) is 0 Å². The minimum Gasteiger partial charge on any atom is -0.490 e. The van der Waals surface area contributed by atoms with Crippen molar-refractivity contribution in [3.63, 3.8) is 0 Å². The molecule has 0 heterocycles. The standard InChI is InChI=1S/C12H15NO2/c1-3-8-15-11-7-5-6-10(9-11)12(14)13-4-2/h3,5-7,9H,1,4,8H2,2H3,(H,13,14). The van der Waals surface area contributed by atoms with E-state index in [-0.39, 0.29) is 5.91 Å². The summed E-state index contributed by atoms with van der Waals surface area (Å²) in [6.07, 6.45) is 1.67. The van der Waals surface area contributed by atoms with E-state index in [2.05, 4.69) is 11.9 Å². The molecule has 0 spiro atoms. The molecule has 0 aliphatic heterocycles. The van der Waals surface area contributed by atoms with Gasteiger partial charge in [-0.2, -0.15) is 0 Å². The van der Waals surface area contributed by atoms with Crippen molar-refractivity contribution in [1.29, 1.82) is 0 Å². The van der Waals surface area contributed by atoms with Crippen LogP contribution < -0.4 is 10.1 Å². The number of hydrogen-bond acceptors (Lipinski definition) is 2. The molecule has 1 N–H and O–H groups in total. The average molecular weight is 205 g/mol. The summed E-state index contributed by atoms with van der Waals surface area (Å²) in [4.78, 5) is 11.5. The molecule has 0 fully saturated rings. The highest BCUT2D eigenvalue weighted by Crippen LogP contribution is 2.13. The lowest BCUT2D eigenvalue weighted by atomic mass is 10.2. The smallest absolute Gasteiger partial charge is 0.251 e. The van der Waals surface area contributed by atoms with Crippen molar-refractivity contribution in [3.05, 3.63) is 42.5 Å². The minimum absolute atomic E-state index is 0.0819. The maximum Gasteiger partial charge on any atom is 0.251 e. The summed E-state index contributed by atoms with van der Waals surface area (Å²) in [5.41, 5.74) is 0.610. The van der Waals surface area contributed by atoms with Crippen molar-refractivity contribution in [2.24, 2.45) is 0 Å². The monoisotopic (exact) mass is 205 g/mol. The van der Waals surface area contributed by atoms with Gasteiger partial charge in [0.25, 0.3) is 5.91 Å². The lowest BCUT2D eigenvalue weighted by molar-refractivity contribution is 0.0955. The molecule has 0 saturated carbocycles. The van der Waals surface area contributed by atoms with Gasteiger partial charge in [0.1, 0.15) is 12.4 Å². The van der Waals surface area contributed by atoms with Crippen molar-refractivity contribution in [2.75, 3.05) is 13.2 Å². The first-order valence-electron chi connectivity index (χ1n) is 4.90. The predicted molar refractivity (Wildman–Crippen MR) is 60.1 cm³/mol. The Kier molecular flexibility index (Phi) is 4.41. The van der Waals surface area contributed by atoms with Crippen LogP contribution in [0.5, 0.6) is 5.75 Å². The molecule has 0 bridgehead atoms. The zero-order valence-corrected chi connectivity index (χ0v) is 8.82. The fourth-order valence-corrected chi connectivity index (χ4v) is 1.14. The van der Waals surface area contributed by atoms with Gasteiger partial charge < -0.3 is 10.1 Å². The molecule has 0 aromatic heterocycles. The Balaban J connectivity index is 2.73. The normalized spacial score (nSPS) is 9.40. The highest BCUT2D eigenvalue weighted by Gasteiger charge is 2.04. The van der Waals surface area contributed by atoms with Gasteiger partial charge in [-0.3, -0.25) is 4.79 Å². The Labute approximate surface area is 89.8 Å². The van der Waals surface area contributed by atoms with Crippen molar-refractivity contribution in [3.8, 4) is 5.75 Å². The van der Waals surface area contributed by atoms with E-state index in [9.17, 15) is 4.79 Å². The van der Waals surface area contributed by atoms with Crippen molar-refractivity contribution < 1.29 is 9.53 Å². The number of benzene rings is 1. The molecule has 1 aromatic rings. The quantitative estimate of drug-likeness (QED) is 0.747. The largest absolute Gasteiger partial charge is 0.490 e. The molecule has 15 heavy (non-hydrogen) atoms. The van der Waals surface area contributed by atoms with Crippen molar-refractivity contribution in [1.82, 2.24) is 5.32 Å². The number of amides is 1. The summed E-state index contributed by atoms with van der Waals surface area (Å²) in [5.74, 6) is 0.597. The van der Waals surface area contributed by atoms with Gasteiger partial charge >= 0.3 is 0 Å². The third-order valence-electron chi connectivity index (χ3n) is 1.80. The summed E-state index contributed by atoms with van der Waals surface area (Å²) in [6, 6.07) is 7.08. The van der Waals surface area contributed by atoms with Crippen LogP contribution in [0, 0.1) is 0 Å². The summed E-state index contributed by atoms with van der Waals surface area (Å²) < 4.78 is 5.33. The molecule has 0 saturated heterocycles. The van der Waals surface area contributed by atoms with Gasteiger partial charge in [0, 0.05) is 12.1 Å². The maximum atomic E-state index is 11.5. The zero-order chi connectivity index (χ0) is 11.1. The molecule has 0 atom stereocenters. The lowest BCUT2D eigenvalue weighted by Crippen LogP contribution is -2.22. The van der Waals surface area contributed by atoms with E-state index in [1.165, 1.54) is 0 Å². The van der Waals surface area contributed by atoms with E-state index in [4.69, 9.17) is 4.74 Å². The number of ether oxygens (including phenoxy) is 1. The van der Waals surface area contributed by atoms with Gasteiger partial charge in [0.05, 0.1) is 0 Å². The second-order valence-electron chi connectivity index (χ2n) is 2.99. The Morgan fingerprint density at radius 2 is 2.40 bits per heavy atom. The van der Waals surface area contributed by atoms with Crippen molar-refractivity contribution in [2.45, 2.75) is 6.92 Å². The van der Waals surface area contributed by atoms with Crippen LogP contribution in [-0.2, 0) is 0 Å². The first-order valence-corrected chi connectivity index (χ1v) is 4.90. The molecule has 0 aliphatic rings. The number of rotatable bonds is 5. The first kappa shape index (κ1) is 11.3. The third-order valence-corrected chi connectivity index (χ3v) is 1.80. The van der Waals surface area contributed by atoms with E-state index < -0.39 is 0 Å². The van der Waals surface area contributed by atoms with Crippen LogP contribution in [0.1, 0.15) is 17.3 Å². The molecule has 0 aliphatic carbocycles. The SMILES string of the molecule is C=CCOc1cccc(C(=O)NCC)c1. The highest BCUT2D eigenvalue weighted by atomic mass is 16.5. The molecular weight excluding hydrogens is 190 g/mol. The average Bonchev–Trinajstić information content (AvgIpc) is 2.27. The van der Waals surface area contributed by atoms with E-state index >= 15 is 0 Å². The summed E-state index contributed by atoms with van der Waals surface area (Å²) in [5, 5.41) is 2.73. The van der Waals surface area contributed by atoms with E-state index in [0.717, 1.165) is 0 Å². The molecule has 1 amide bonds. The van der Waals surface area contributed by atoms with Crippen LogP contribution in [0.25, 0.3) is 0 Å². The molecule has 0 unspecified atom stereocenters. The number of hydrogen-bond donors (Lipinski definition) is 1. The third kappa shape index (κ3) is 3.46. The highest BCUT2D eigenvalue weighted by molar-refractivity contribution is 5.94. The number of carbonyl (C=O) groups is 1. The Hall–Kier alpha value is -1.77. The fraction of sp³-hybridized carbons (Fsp3) is 0.250. The summed E-state index contributed by atoms with van der Waals surface area (Å²) >= 11 is 0. The predicted octanol–water partition coefficient (Wildman–Crippen LogP) is 2.00. The van der Waals surface area contributed by atoms with Crippen LogP contribution in [0.2, 0.25) is 0 Å². The zero-order valence-electron chi connectivity index (χ0n) is 8.82. The van der Waals surface area contributed by atoms with Gasteiger partial charge in [0.2, 0.25) is 0 Å². The Morgan fingerprint density at radius 1 is 1.60 bits per heavy atom. The van der Waals surface area contributed by atoms with E-state index in [1.54, 1.807) is 24.3 Å². The molecule has 1 rings (SSSR count). The van der Waals surface area contributed by atoms with E-state index in [0.29, 0.717) is 24.5 Å². The topological polar surface area (TPSA) is 38.3 Å². The number of carbonyl (C=O) groups excluding carboxylic acids is 1. The minimum atomic E-state index is -0.0819. The molecule has 3 nitrogen and oxygen atoms in total. The van der Waals surface area contributed by atoms with Gasteiger partial charge in [0.15, 0.2) is 0 Å². The fourth-order valence-electron chi connectivity index (χ4n) is 1.14. The second kappa shape index (κ2) is 5.86. The molecule has 80 valence electrons. The Morgan fingerprint density at radius 3 is 3.07 bits per heavy atom. The maximum absolute atomic E-state index is 11.5. The molecule has 0 radical (unpaired) electrons. The number of nitrogens with one attached hydrogen (secondary N) is 1. The van der Waals surface area contributed by atoms with Gasteiger partial charge in [-0.05, 0) is 25.1 Å². The molecule has 1 aromatic carbocycles. The lowest BCUT2D eigenvalue weighted by Gasteiger charge is -2.05.